The van der Waals surface area contributed by atoms with Gasteiger partial charge in [-0.3, -0.25) is 4.79 Å². The fourth-order valence-corrected chi connectivity index (χ4v) is 2.99. The predicted octanol–water partition coefficient (Wildman–Crippen LogP) is 0.469. The maximum Gasteiger partial charge on any atom is 0.407 e. The number of rotatable bonds is 1. The molecule has 0 aliphatic carbocycles. The van der Waals surface area contributed by atoms with Crippen LogP contribution in [0.5, 0.6) is 5.75 Å². The summed E-state index contributed by atoms with van der Waals surface area (Å²) in [7, 11) is 0. The fourth-order valence-electron chi connectivity index (χ4n) is 2.99. The molecule has 2 N–H and O–H groups in total. The average Bonchev–Trinajstić information content (AvgIpc) is 2.96. The normalized spacial score (nSPS) is 24.8. The average molecular weight is 277 g/mol. The number of likely N-dealkylation sites (tertiary alicyclic amines) is 2. The summed E-state index contributed by atoms with van der Waals surface area (Å²) in [4.78, 5) is 30.2. The summed E-state index contributed by atoms with van der Waals surface area (Å²) in [5.74, 6) is 0.289. The molecule has 106 valence electrons. The Morgan fingerprint density at radius 2 is 1.70 bits per heavy atom. The summed E-state index contributed by atoms with van der Waals surface area (Å²) in [6, 6.07) is 2.93. The molecule has 0 aromatic carbocycles. The van der Waals surface area contributed by atoms with Gasteiger partial charge in [0.05, 0.1) is 6.20 Å². The van der Waals surface area contributed by atoms with E-state index in [-0.39, 0.29) is 23.5 Å². The van der Waals surface area contributed by atoms with Gasteiger partial charge >= 0.3 is 6.09 Å². The van der Waals surface area contributed by atoms with Gasteiger partial charge < -0.3 is 20.0 Å². The number of carboxylic acid groups (broad SMARTS) is 1. The Morgan fingerprint density at radius 1 is 1.10 bits per heavy atom. The van der Waals surface area contributed by atoms with Gasteiger partial charge in [0, 0.05) is 38.0 Å². The highest BCUT2D eigenvalue weighted by Crippen LogP contribution is 2.31. The lowest BCUT2D eigenvalue weighted by Gasteiger charge is -2.19. The third-order valence-corrected chi connectivity index (χ3v) is 4.01. The summed E-state index contributed by atoms with van der Waals surface area (Å²) in [5.41, 5.74) is 0.304. The van der Waals surface area contributed by atoms with E-state index >= 15 is 0 Å². The Balaban J connectivity index is 1.66. The minimum Gasteiger partial charge on any atom is -0.506 e. The predicted molar refractivity (Wildman–Crippen MR) is 68.4 cm³/mol. The van der Waals surface area contributed by atoms with Crippen molar-refractivity contribution >= 4 is 12.0 Å². The minimum atomic E-state index is -0.891. The lowest BCUT2D eigenvalue weighted by Crippen LogP contribution is -2.35. The number of pyridine rings is 1. The molecule has 2 unspecified atom stereocenters. The maximum absolute atomic E-state index is 12.3. The van der Waals surface area contributed by atoms with E-state index in [1.807, 2.05) is 0 Å². The molecule has 20 heavy (non-hydrogen) atoms. The summed E-state index contributed by atoms with van der Waals surface area (Å²) < 4.78 is 0. The highest BCUT2D eigenvalue weighted by atomic mass is 16.4. The zero-order valence-corrected chi connectivity index (χ0v) is 10.8. The molecule has 2 amide bonds. The van der Waals surface area contributed by atoms with Gasteiger partial charge in [0.25, 0.3) is 5.91 Å². The fraction of sp³-hybridized carbons (Fsp3) is 0.462. The van der Waals surface area contributed by atoms with Crippen molar-refractivity contribution in [3.8, 4) is 5.75 Å². The highest BCUT2D eigenvalue weighted by Gasteiger charge is 2.43. The van der Waals surface area contributed by atoms with Gasteiger partial charge in [-0.05, 0) is 12.1 Å². The van der Waals surface area contributed by atoms with E-state index in [1.165, 1.54) is 23.2 Å². The van der Waals surface area contributed by atoms with E-state index in [4.69, 9.17) is 10.2 Å². The second kappa shape index (κ2) is 4.66. The molecule has 0 saturated carbocycles. The van der Waals surface area contributed by atoms with E-state index < -0.39 is 6.09 Å². The van der Waals surface area contributed by atoms with Gasteiger partial charge in [0.2, 0.25) is 0 Å². The molecule has 0 spiro atoms. The first-order chi connectivity index (χ1) is 9.54. The first kappa shape index (κ1) is 12.7. The van der Waals surface area contributed by atoms with Crippen LogP contribution in [-0.4, -0.2) is 63.2 Å². The number of aromatic nitrogens is 1. The largest absolute Gasteiger partial charge is 0.506 e. The number of amides is 2. The molecule has 2 aliphatic heterocycles. The number of hydrogen-bond acceptors (Lipinski definition) is 4. The number of fused-ring (bicyclic) bond motifs is 1. The molecule has 2 saturated heterocycles. The Labute approximate surface area is 115 Å². The Bertz CT molecular complexity index is 531. The van der Waals surface area contributed by atoms with Crippen molar-refractivity contribution in [3.63, 3.8) is 0 Å². The maximum atomic E-state index is 12.3. The third-order valence-electron chi connectivity index (χ3n) is 4.01. The van der Waals surface area contributed by atoms with Gasteiger partial charge in [-0.2, -0.15) is 0 Å². The van der Waals surface area contributed by atoms with Gasteiger partial charge in [-0.25, -0.2) is 9.78 Å². The third kappa shape index (κ3) is 2.15. The van der Waals surface area contributed by atoms with Gasteiger partial charge in [0.15, 0.2) is 0 Å². The van der Waals surface area contributed by atoms with Crippen LogP contribution in [0.3, 0.4) is 0 Å². The van der Waals surface area contributed by atoms with Crippen LogP contribution in [0.4, 0.5) is 4.79 Å². The molecule has 2 fully saturated rings. The first-order valence-corrected chi connectivity index (χ1v) is 6.47. The highest BCUT2D eigenvalue weighted by molar-refractivity contribution is 5.92. The van der Waals surface area contributed by atoms with Crippen LogP contribution in [0.1, 0.15) is 10.5 Å². The number of nitrogens with zero attached hydrogens (tertiary/aromatic N) is 3. The standard InChI is InChI=1S/C13H15N3O4/c17-10-1-2-11(14-3-10)12(18)15-4-8-6-16(13(19)20)7-9(8)5-15/h1-3,8-9,17H,4-7H2,(H,19,20). The number of aromatic hydroxyl groups is 1. The van der Waals surface area contributed by atoms with Gasteiger partial charge in [-0.15, -0.1) is 0 Å². The molecule has 0 bridgehead atoms. The lowest BCUT2D eigenvalue weighted by molar-refractivity contribution is 0.0768. The zero-order valence-electron chi connectivity index (χ0n) is 10.8. The SMILES string of the molecule is O=C(O)N1CC2CN(C(=O)c3ccc(O)cn3)CC2C1. The molecule has 1 aromatic heterocycles. The minimum absolute atomic E-state index is 0.0249. The molecule has 3 heterocycles. The summed E-state index contributed by atoms with van der Waals surface area (Å²) in [6.45, 7) is 2.12. The van der Waals surface area contributed by atoms with Crippen molar-refractivity contribution in [3.05, 3.63) is 24.0 Å². The molecule has 2 aliphatic rings. The lowest BCUT2D eigenvalue weighted by atomic mass is 10.0. The number of carbonyl (C=O) groups is 2. The van der Waals surface area contributed by atoms with Crippen LogP contribution < -0.4 is 0 Å². The van der Waals surface area contributed by atoms with Crippen molar-refractivity contribution in [2.75, 3.05) is 26.2 Å². The Kier molecular flexibility index (Phi) is 2.96. The first-order valence-electron chi connectivity index (χ1n) is 6.47. The molecule has 1 aromatic rings. The van der Waals surface area contributed by atoms with E-state index in [2.05, 4.69) is 4.98 Å². The Hall–Kier alpha value is -2.31. The van der Waals surface area contributed by atoms with Crippen LogP contribution in [0.25, 0.3) is 0 Å². The van der Waals surface area contributed by atoms with Crippen molar-refractivity contribution in [2.45, 2.75) is 0 Å². The van der Waals surface area contributed by atoms with E-state index in [9.17, 15) is 9.59 Å². The van der Waals surface area contributed by atoms with Crippen molar-refractivity contribution in [1.29, 1.82) is 0 Å². The molecule has 0 radical (unpaired) electrons. The van der Waals surface area contributed by atoms with Crippen LogP contribution in [0, 0.1) is 11.8 Å². The van der Waals surface area contributed by atoms with E-state index in [1.54, 1.807) is 4.90 Å². The van der Waals surface area contributed by atoms with Crippen LogP contribution in [0.2, 0.25) is 0 Å². The second-order valence-electron chi connectivity index (χ2n) is 5.32. The smallest absolute Gasteiger partial charge is 0.407 e. The molecule has 7 heteroatoms. The topological polar surface area (TPSA) is 94.0 Å². The molecule has 3 rings (SSSR count). The van der Waals surface area contributed by atoms with Crippen molar-refractivity contribution in [2.24, 2.45) is 11.8 Å². The van der Waals surface area contributed by atoms with Gasteiger partial charge in [0.1, 0.15) is 11.4 Å². The molecular weight excluding hydrogens is 262 g/mol. The monoisotopic (exact) mass is 277 g/mol. The van der Waals surface area contributed by atoms with Gasteiger partial charge in [-0.1, -0.05) is 0 Å². The van der Waals surface area contributed by atoms with Crippen molar-refractivity contribution in [1.82, 2.24) is 14.8 Å². The molecule has 7 nitrogen and oxygen atoms in total. The van der Waals surface area contributed by atoms with Crippen LogP contribution in [0.15, 0.2) is 18.3 Å². The van der Waals surface area contributed by atoms with Crippen molar-refractivity contribution < 1.29 is 19.8 Å². The number of hydrogen-bond donors (Lipinski definition) is 2. The molecule has 2 atom stereocenters. The van der Waals surface area contributed by atoms with Crippen LogP contribution in [-0.2, 0) is 0 Å². The molecular formula is C13H15N3O4. The quantitative estimate of drug-likeness (QED) is 0.778. The summed E-state index contributed by atoms with van der Waals surface area (Å²) >= 11 is 0. The summed E-state index contributed by atoms with van der Waals surface area (Å²) in [5, 5.41) is 18.1. The van der Waals surface area contributed by atoms with E-state index in [0.29, 0.717) is 31.9 Å². The van der Waals surface area contributed by atoms with E-state index in [0.717, 1.165) is 0 Å². The summed E-state index contributed by atoms with van der Waals surface area (Å²) in [6.07, 6.45) is 0.355. The zero-order chi connectivity index (χ0) is 14.3. The number of carbonyl (C=O) groups excluding carboxylic acids is 1. The Morgan fingerprint density at radius 3 is 2.20 bits per heavy atom. The van der Waals surface area contributed by atoms with Crippen LogP contribution >= 0.6 is 0 Å². The second-order valence-corrected chi connectivity index (χ2v) is 5.32.